The highest BCUT2D eigenvalue weighted by Crippen LogP contribution is 2.21. The number of aliphatic carboxylic acids is 1. The summed E-state index contributed by atoms with van der Waals surface area (Å²) < 4.78 is 0. The van der Waals surface area contributed by atoms with E-state index in [2.05, 4.69) is 24.4 Å². The number of carboxylic acids is 1. The van der Waals surface area contributed by atoms with Crippen molar-refractivity contribution in [1.82, 2.24) is 4.90 Å². The van der Waals surface area contributed by atoms with Crippen LogP contribution in [0.15, 0.2) is 48.5 Å². The Morgan fingerprint density at radius 3 is 2.77 bits per heavy atom. The lowest BCUT2D eigenvalue weighted by molar-refractivity contribution is -0.141. The van der Waals surface area contributed by atoms with Crippen LogP contribution in [-0.2, 0) is 17.8 Å². The number of hydrogen-bond acceptors (Lipinski definition) is 3. The zero-order chi connectivity index (χ0) is 18.5. The van der Waals surface area contributed by atoms with Gasteiger partial charge in [0.1, 0.15) is 6.04 Å². The van der Waals surface area contributed by atoms with E-state index in [1.54, 1.807) is 6.07 Å². The summed E-state index contributed by atoms with van der Waals surface area (Å²) in [6, 6.07) is 14.9. The van der Waals surface area contributed by atoms with Gasteiger partial charge < -0.3 is 15.3 Å². The van der Waals surface area contributed by atoms with Crippen LogP contribution in [0.4, 0.5) is 5.69 Å². The van der Waals surface area contributed by atoms with Crippen LogP contribution in [0.3, 0.4) is 0 Å². The molecule has 0 bridgehead atoms. The number of benzene rings is 2. The van der Waals surface area contributed by atoms with E-state index < -0.39 is 12.0 Å². The van der Waals surface area contributed by atoms with Crippen LogP contribution < -0.4 is 5.32 Å². The lowest BCUT2D eigenvalue weighted by Gasteiger charge is -2.21. The van der Waals surface area contributed by atoms with Crippen molar-refractivity contribution in [3.05, 3.63) is 65.2 Å². The number of likely N-dealkylation sites (tertiary alicyclic amines) is 1. The molecule has 1 aliphatic rings. The quantitative estimate of drug-likeness (QED) is 0.834. The fourth-order valence-electron chi connectivity index (χ4n) is 3.45. The van der Waals surface area contributed by atoms with Gasteiger partial charge >= 0.3 is 5.97 Å². The summed E-state index contributed by atoms with van der Waals surface area (Å²) in [6.45, 7) is 3.23. The molecule has 3 rings (SSSR count). The maximum atomic E-state index is 12.7. The van der Waals surface area contributed by atoms with Gasteiger partial charge in [0.25, 0.3) is 5.91 Å². The third-order valence-electron chi connectivity index (χ3n) is 4.85. The van der Waals surface area contributed by atoms with Gasteiger partial charge in [-0.25, -0.2) is 4.79 Å². The minimum atomic E-state index is -0.926. The van der Waals surface area contributed by atoms with Crippen molar-refractivity contribution in [2.45, 2.75) is 38.8 Å². The largest absolute Gasteiger partial charge is 0.480 e. The molecule has 1 fully saturated rings. The number of hydrogen-bond donors (Lipinski definition) is 2. The summed E-state index contributed by atoms with van der Waals surface area (Å²) in [5.74, 6) is -1.13. The summed E-state index contributed by atoms with van der Waals surface area (Å²) in [7, 11) is 0. The lowest BCUT2D eigenvalue weighted by Crippen LogP contribution is -2.40. The molecule has 26 heavy (non-hydrogen) atoms. The molecule has 0 radical (unpaired) electrons. The van der Waals surface area contributed by atoms with Crippen molar-refractivity contribution < 1.29 is 14.7 Å². The van der Waals surface area contributed by atoms with E-state index in [1.807, 2.05) is 30.3 Å². The van der Waals surface area contributed by atoms with Crippen LogP contribution >= 0.6 is 0 Å². The molecule has 1 aliphatic heterocycles. The number of para-hydroxylation sites is 1. The summed E-state index contributed by atoms with van der Waals surface area (Å²) in [5.41, 5.74) is 3.88. The summed E-state index contributed by atoms with van der Waals surface area (Å²) in [6.07, 6.45) is 2.21. The molecule has 1 saturated heterocycles. The van der Waals surface area contributed by atoms with Gasteiger partial charge in [0.05, 0.1) is 0 Å². The van der Waals surface area contributed by atoms with Crippen molar-refractivity contribution >= 4 is 17.6 Å². The van der Waals surface area contributed by atoms with Crippen molar-refractivity contribution in [1.29, 1.82) is 0 Å². The molecule has 0 spiro atoms. The number of aryl methyl sites for hydroxylation is 1. The maximum absolute atomic E-state index is 12.7. The zero-order valence-corrected chi connectivity index (χ0v) is 14.9. The first kappa shape index (κ1) is 18.0. The van der Waals surface area contributed by atoms with Crippen molar-refractivity contribution in [2.75, 3.05) is 11.9 Å². The minimum Gasteiger partial charge on any atom is -0.480 e. The molecule has 1 amide bonds. The first-order valence-corrected chi connectivity index (χ1v) is 9.04. The molecule has 1 heterocycles. The molecule has 1 unspecified atom stereocenters. The Labute approximate surface area is 153 Å². The van der Waals surface area contributed by atoms with E-state index >= 15 is 0 Å². The van der Waals surface area contributed by atoms with Gasteiger partial charge in [-0.05, 0) is 48.6 Å². The molecule has 1 atom stereocenters. The Balaban J connectivity index is 1.72. The summed E-state index contributed by atoms with van der Waals surface area (Å²) in [4.78, 5) is 25.5. The summed E-state index contributed by atoms with van der Waals surface area (Å²) in [5, 5.41) is 12.7. The lowest BCUT2D eigenvalue weighted by atomic mass is 10.1. The van der Waals surface area contributed by atoms with Crippen LogP contribution in [0, 0.1) is 0 Å². The summed E-state index contributed by atoms with van der Waals surface area (Å²) >= 11 is 0. The second-order valence-electron chi connectivity index (χ2n) is 6.56. The van der Waals surface area contributed by atoms with E-state index in [0.29, 0.717) is 25.1 Å². The predicted molar refractivity (Wildman–Crippen MR) is 101 cm³/mol. The second kappa shape index (κ2) is 8.04. The van der Waals surface area contributed by atoms with E-state index in [0.717, 1.165) is 24.1 Å². The number of amides is 1. The van der Waals surface area contributed by atoms with Gasteiger partial charge in [0.2, 0.25) is 0 Å². The van der Waals surface area contributed by atoms with Crippen LogP contribution in [-0.4, -0.2) is 34.5 Å². The molecule has 2 aromatic carbocycles. The van der Waals surface area contributed by atoms with Crippen molar-refractivity contribution in [3.8, 4) is 0 Å². The van der Waals surface area contributed by atoms with Gasteiger partial charge in [-0.3, -0.25) is 4.79 Å². The number of nitrogens with one attached hydrogen (secondary N) is 1. The smallest absolute Gasteiger partial charge is 0.326 e. The monoisotopic (exact) mass is 352 g/mol. The fourth-order valence-corrected chi connectivity index (χ4v) is 3.45. The van der Waals surface area contributed by atoms with Crippen molar-refractivity contribution in [3.63, 3.8) is 0 Å². The minimum absolute atomic E-state index is 0.203. The predicted octanol–water partition coefficient (Wildman–Crippen LogP) is 3.55. The molecular weight excluding hydrogens is 328 g/mol. The van der Waals surface area contributed by atoms with Crippen molar-refractivity contribution in [2.24, 2.45) is 0 Å². The molecular formula is C21H24N2O3. The normalized spacial score (nSPS) is 16.5. The van der Waals surface area contributed by atoms with Gasteiger partial charge in [0.15, 0.2) is 0 Å². The number of nitrogens with zero attached hydrogens (tertiary/aromatic N) is 1. The van der Waals surface area contributed by atoms with Crippen LogP contribution in [0.2, 0.25) is 0 Å². The first-order valence-electron chi connectivity index (χ1n) is 9.04. The molecule has 5 nitrogen and oxygen atoms in total. The van der Waals surface area contributed by atoms with Crippen LogP contribution in [0.5, 0.6) is 0 Å². The average Bonchev–Trinajstić information content (AvgIpc) is 3.16. The third kappa shape index (κ3) is 3.87. The number of carbonyl (C=O) groups excluding carboxylic acids is 1. The molecule has 2 N–H and O–H groups in total. The molecule has 2 aromatic rings. The molecule has 0 saturated carbocycles. The topological polar surface area (TPSA) is 69.6 Å². The number of carboxylic acid groups (broad SMARTS) is 1. The Morgan fingerprint density at radius 1 is 1.19 bits per heavy atom. The molecule has 5 heteroatoms. The third-order valence-corrected chi connectivity index (χ3v) is 4.85. The Morgan fingerprint density at radius 2 is 2.00 bits per heavy atom. The Bertz CT molecular complexity index is 803. The van der Waals surface area contributed by atoms with Crippen LogP contribution in [0.1, 0.15) is 41.3 Å². The maximum Gasteiger partial charge on any atom is 0.326 e. The average molecular weight is 352 g/mol. The van der Waals surface area contributed by atoms with E-state index in [4.69, 9.17) is 0 Å². The van der Waals surface area contributed by atoms with Crippen LogP contribution in [0.25, 0.3) is 0 Å². The Kier molecular flexibility index (Phi) is 5.56. The van der Waals surface area contributed by atoms with Gasteiger partial charge in [0, 0.05) is 24.3 Å². The highest BCUT2D eigenvalue weighted by Gasteiger charge is 2.34. The number of rotatable bonds is 6. The second-order valence-corrected chi connectivity index (χ2v) is 6.56. The SMILES string of the molecule is CCc1ccccc1NCc1cccc(C(=O)N2CCCC2C(=O)O)c1. The highest BCUT2D eigenvalue weighted by molar-refractivity contribution is 5.97. The molecule has 0 aromatic heterocycles. The van der Waals surface area contributed by atoms with Gasteiger partial charge in [-0.15, -0.1) is 0 Å². The Hall–Kier alpha value is -2.82. The van der Waals surface area contributed by atoms with E-state index in [-0.39, 0.29) is 5.91 Å². The van der Waals surface area contributed by atoms with Gasteiger partial charge in [-0.1, -0.05) is 37.3 Å². The van der Waals surface area contributed by atoms with Gasteiger partial charge in [-0.2, -0.15) is 0 Å². The highest BCUT2D eigenvalue weighted by atomic mass is 16.4. The van der Waals surface area contributed by atoms with E-state index in [9.17, 15) is 14.7 Å². The first-order chi connectivity index (χ1) is 12.6. The zero-order valence-electron chi connectivity index (χ0n) is 14.9. The van der Waals surface area contributed by atoms with E-state index in [1.165, 1.54) is 10.5 Å². The molecule has 0 aliphatic carbocycles. The number of anilines is 1. The fraction of sp³-hybridized carbons (Fsp3) is 0.333. The molecule has 136 valence electrons. The number of carbonyl (C=O) groups is 2. The standard InChI is InChI=1S/C21H24N2O3/c1-2-16-8-3-4-10-18(16)22-14-15-7-5-9-17(13-15)20(24)23-12-6-11-19(23)21(25)26/h3-5,7-10,13,19,22H,2,6,11-12,14H2,1H3,(H,25,26).